The first-order valence-corrected chi connectivity index (χ1v) is 14.6. The molecule has 1 aromatic heterocycles. The van der Waals surface area contributed by atoms with Gasteiger partial charge in [-0.2, -0.15) is 18.3 Å². The molecule has 7 nitrogen and oxygen atoms in total. The molecule has 2 aromatic rings. The molecule has 1 atom stereocenters. The highest BCUT2D eigenvalue weighted by atomic mass is 35.5. The van der Waals surface area contributed by atoms with E-state index in [0.29, 0.717) is 6.42 Å². The molecule has 1 N–H and O–H groups in total. The molecule has 0 aliphatic heterocycles. The van der Waals surface area contributed by atoms with Crippen molar-refractivity contribution in [1.82, 2.24) is 14.7 Å². The molecule has 0 unspecified atom stereocenters. The van der Waals surface area contributed by atoms with E-state index < -0.39 is 53.1 Å². The predicted octanol–water partition coefficient (Wildman–Crippen LogP) is 7.38. The average molecular weight is 614 g/mol. The van der Waals surface area contributed by atoms with Gasteiger partial charge >= 0.3 is 12.1 Å². The Balaban J connectivity index is 1.49. The molecule has 3 saturated carbocycles. The Kier molecular flexibility index (Phi) is 7.72. The first-order chi connectivity index (χ1) is 19.2. The van der Waals surface area contributed by atoms with Crippen molar-refractivity contribution in [2.75, 3.05) is 6.54 Å². The standard InChI is InChI=1S/C29H32Cl2F3N3O4/c1-16-12-19(30)23(20(31)13-16)21(38)15-36(22-6-11-28(22)7-3-8-28)25(39)18-14-35-37(24(18)29(32,33)34)17-4-9-27(2,10-5-17)26(40)41/h12-14,17,22H,3-11,15H2,1-2H3,(H,40,41)/t17-,22-,27-/m0/s1. The van der Waals surface area contributed by atoms with Crippen LogP contribution in [0.15, 0.2) is 18.3 Å². The minimum Gasteiger partial charge on any atom is -0.481 e. The fraction of sp³-hybridized carbons (Fsp3) is 0.586. The van der Waals surface area contributed by atoms with Crippen LogP contribution in [0.25, 0.3) is 0 Å². The van der Waals surface area contributed by atoms with Crippen LogP contribution < -0.4 is 0 Å². The minimum absolute atomic E-state index is 0.0362. The van der Waals surface area contributed by atoms with Crippen LogP contribution in [0.3, 0.4) is 0 Å². The van der Waals surface area contributed by atoms with E-state index in [1.165, 1.54) is 4.90 Å². The quantitative estimate of drug-likeness (QED) is 0.329. The van der Waals surface area contributed by atoms with E-state index in [1.807, 2.05) is 0 Å². The molecule has 3 aliphatic rings. The van der Waals surface area contributed by atoms with Gasteiger partial charge in [0, 0.05) is 6.04 Å². The van der Waals surface area contributed by atoms with Crippen molar-refractivity contribution in [2.24, 2.45) is 10.8 Å². The molecule has 41 heavy (non-hydrogen) atoms. The summed E-state index contributed by atoms with van der Waals surface area (Å²) in [7, 11) is 0. The van der Waals surface area contributed by atoms with E-state index in [1.54, 1.807) is 26.0 Å². The number of rotatable bonds is 7. The molecule has 0 bridgehead atoms. The van der Waals surface area contributed by atoms with E-state index in [2.05, 4.69) is 5.10 Å². The van der Waals surface area contributed by atoms with Gasteiger partial charge in [0.25, 0.3) is 5.91 Å². The summed E-state index contributed by atoms with van der Waals surface area (Å²) >= 11 is 12.7. The van der Waals surface area contributed by atoms with Crippen LogP contribution in [-0.2, 0) is 11.0 Å². The highest BCUT2D eigenvalue weighted by molar-refractivity contribution is 6.40. The van der Waals surface area contributed by atoms with E-state index in [-0.39, 0.29) is 52.7 Å². The Morgan fingerprint density at radius 3 is 2.15 bits per heavy atom. The van der Waals surface area contributed by atoms with Crippen molar-refractivity contribution in [3.8, 4) is 0 Å². The van der Waals surface area contributed by atoms with E-state index >= 15 is 0 Å². The average Bonchev–Trinajstić information content (AvgIpc) is 3.27. The van der Waals surface area contributed by atoms with Crippen molar-refractivity contribution >= 4 is 40.9 Å². The number of benzene rings is 1. The third-order valence-corrected chi connectivity index (χ3v) is 10.2. The summed E-state index contributed by atoms with van der Waals surface area (Å²) in [6.45, 7) is 2.89. The molecule has 3 aliphatic carbocycles. The van der Waals surface area contributed by atoms with Gasteiger partial charge in [0.05, 0.1) is 45.4 Å². The number of ketones is 1. The van der Waals surface area contributed by atoms with Gasteiger partial charge in [-0.25, -0.2) is 0 Å². The monoisotopic (exact) mass is 613 g/mol. The first kappa shape index (κ1) is 29.9. The predicted molar refractivity (Wildman–Crippen MR) is 146 cm³/mol. The number of aliphatic carboxylic acids is 1. The fourth-order valence-electron chi connectivity index (χ4n) is 6.84. The Bertz CT molecular complexity index is 1370. The van der Waals surface area contributed by atoms with E-state index in [4.69, 9.17) is 23.2 Å². The second kappa shape index (κ2) is 10.6. The molecular formula is C29H32Cl2F3N3O4. The maximum atomic E-state index is 14.6. The lowest BCUT2D eigenvalue weighted by molar-refractivity contribution is -0.152. The molecule has 12 heteroatoms. The molecule has 1 aromatic carbocycles. The van der Waals surface area contributed by atoms with Gasteiger partial charge in [0.1, 0.15) is 0 Å². The molecule has 1 amide bonds. The van der Waals surface area contributed by atoms with Crippen molar-refractivity contribution in [3.05, 3.63) is 50.8 Å². The number of aromatic nitrogens is 2. The van der Waals surface area contributed by atoms with Gasteiger partial charge < -0.3 is 10.0 Å². The lowest BCUT2D eigenvalue weighted by Crippen LogP contribution is -2.61. The zero-order valence-corrected chi connectivity index (χ0v) is 24.4. The van der Waals surface area contributed by atoms with Gasteiger partial charge in [-0.3, -0.25) is 19.1 Å². The van der Waals surface area contributed by atoms with Gasteiger partial charge in [0.15, 0.2) is 11.5 Å². The Morgan fingerprint density at radius 2 is 1.68 bits per heavy atom. The third-order valence-electron chi connectivity index (χ3n) is 9.60. The highest BCUT2D eigenvalue weighted by Crippen LogP contribution is 2.58. The number of nitrogens with zero attached hydrogens (tertiary/aromatic N) is 3. The lowest BCUT2D eigenvalue weighted by atomic mass is 9.52. The van der Waals surface area contributed by atoms with Crippen LogP contribution >= 0.6 is 23.2 Å². The Labute approximate surface area is 246 Å². The number of carboxylic acid groups (broad SMARTS) is 1. The number of hydrogen-bond donors (Lipinski definition) is 1. The topological polar surface area (TPSA) is 92.5 Å². The molecular weight excluding hydrogens is 582 g/mol. The van der Waals surface area contributed by atoms with Crippen LogP contribution in [0.4, 0.5) is 13.2 Å². The first-order valence-electron chi connectivity index (χ1n) is 13.8. The number of carbonyl (C=O) groups is 3. The van der Waals surface area contributed by atoms with Gasteiger partial charge in [-0.1, -0.05) is 29.6 Å². The maximum Gasteiger partial charge on any atom is 0.433 e. The number of hydrogen-bond acceptors (Lipinski definition) is 4. The number of carboxylic acids is 1. The van der Waals surface area contributed by atoms with E-state index in [0.717, 1.165) is 42.1 Å². The van der Waals surface area contributed by atoms with Crippen molar-refractivity contribution < 1.29 is 32.7 Å². The number of Topliss-reactive ketones (excluding diaryl/α,β-unsaturated/α-hetero) is 1. The smallest absolute Gasteiger partial charge is 0.433 e. The highest BCUT2D eigenvalue weighted by Gasteiger charge is 2.55. The Hall–Kier alpha value is -2.59. The van der Waals surface area contributed by atoms with Gasteiger partial charge in [-0.15, -0.1) is 0 Å². The molecule has 0 saturated heterocycles. The number of amides is 1. The summed E-state index contributed by atoms with van der Waals surface area (Å²) < 4.78 is 44.5. The zero-order chi connectivity index (χ0) is 29.9. The third kappa shape index (κ3) is 5.26. The molecule has 1 spiro atoms. The van der Waals surface area contributed by atoms with Crippen LogP contribution in [0, 0.1) is 17.8 Å². The van der Waals surface area contributed by atoms with Crippen molar-refractivity contribution in [3.63, 3.8) is 0 Å². The minimum atomic E-state index is -4.90. The molecule has 3 fully saturated rings. The second-order valence-corrected chi connectivity index (χ2v) is 13.0. The van der Waals surface area contributed by atoms with Gasteiger partial charge in [-0.05, 0) is 88.3 Å². The molecule has 0 radical (unpaired) electrons. The summed E-state index contributed by atoms with van der Waals surface area (Å²) in [4.78, 5) is 40.5. The normalized spacial score (nSPS) is 25.3. The summed E-state index contributed by atoms with van der Waals surface area (Å²) in [5, 5.41) is 13.8. The van der Waals surface area contributed by atoms with Crippen LogP contribution in [0.1, 0.15) is 103 Å². The Morgan fingerprint density at radius 1 is 1.07 bits per heavy atom. The van der Waals surface area contributed by atoms with Gasteiger partial charge in [0.2, 0.25) is 0 Å². The van der Waals surface area contributed by atoms with Crippen LogP contribution in [0.5, 0.6) is 0 Å². The second-order valence-electron chi connectivity index (χ2n) is 12.2. The number of aryl methyl sites for hydroxylation is 1. The van der Waals surface area contributed by atoms with Crippen LogP contribution in [0.2, 0.25) is 10.0 Å². The number of alkyl halides is 3. The van der Waals surface area contributed by atoms with Crippen LogP contribution in [-0.4, -0.2) is 50.0 Å². The van der Waals surface area contributed by atoms with E-state index in [9.17, 15) is 32.7 Å². The molecule has 5 rings (SSSR count). The SMILES string of the molecule is Cc1cc(Cl)c(C(=O)CN(C(=O)c2cnn([C@H]3CC[C@](C)(C(=O)O)CC3)c2C(F)(F)F)[C@H]2CCC23CCC3)c(Cl)c1. The maximum absolute atomic E-state index is 14.6. The molecule has 222 valence electrons. The summed E-state index contributed by atoms with van der Waals surface area (Å²) in [6.07, 6.45) is 0.859. The lowest BCUT2D eigenvalue weighted by Gasteiger charge is -2.59. The number of halogens is 5. The summed E-state index contributed by atoms with van der Waals surface area (Å²) in [6, 6.07) is 2.07. The number of carbonyl (C=O) groups excluding carboxylic acids is 2. The largest absolute Gasteiger partial charge is 0.481 e. The van der Waals surface area contributed by atoms with Crippen molar-refractivity contribution in [1.29, 1.82) is 0 Å². The van der Waals surface area contributed by atoms with Crippen molar-refractivity contribution in [2.45, 2.75) is 89.9 Å². The molecule has 1 heterocycles. The zero-order valence-electron chi connectivity index (χ0n) is 22.9. The fourth-order valence-corrected chi connectivity index (χ4v) is 7.64. The summed E-state index contributed by atoms with van der Waals surface area (Å²) in [5.41, 5.74) is -2.22. The summed E-state index contributed by atoms with van der Waals surface area (Å²) in [5.74, 6) is -2.43.